The van der Waals surface area contributed by atoms with Gasteiger partial charge in [0.25, 0.3) is 0 Å². The lowest BCUT2D eigenvalue weighted by Gasteiger charge is -2.08. The molecular weight excluding hydrogens is 398 g/mol. The summed E-state index contributed by atoms with van der Waals surface area (Å²) in [5.41, 5.74) is 1.50. The number of rotatable bonds is 8. The maximum absolute atomic E-state index is 12.3. The van der Waals surface area contributed by atoms with Gasteiger partial charge >= 0.3 is 5.97 Å². The maximum Gasteiger partial charge on any atom is 0.374 e. The van der Waals surface area contributed by atoms with Crippen molar-refractivity contribution in [1.29, 1.82) is 0 Å². The Bertz CT molecular complexity index is 950. The number of nitrogens with zero attached hydrogens (tertiary/aromatic N) is 2. The van der Waals surface area contributed by atoms with Crippen LogP contribution in [0.1, 0.15) is 35.9 Å². The highest BCUT2D eigenvalue weighted by atomic mass is 32.2. The Morgan fingerprint density at radius 3 is 3.11 bits per heavy atom. The number of nitrogens with one attached hydrogen (secondary N) is 1. The number of furan rings is 1. The van der Waals surface area contributed by atoms with E-state index < -0.39 is 5.97 Å². The summed E-state index contributed by atoms with van der Waals surface area (Å²) in [5.74, 6) is 0.369. The van der Waals surface area contributed by atoms with E-state index in [4.69, 9.17) is 13.9 Å². The van der Waals surface area contributed by atoms with Crippen LogP contribution in [-0.2, 0) is 15.2 Å². The van der Waals surface area contributed by atoms with Gasteiger partial charge in [-0.1, -0.05) is 41.3 Å². The number of esters is 1. The predicted octanol–water partition coefficient (Wildman–Crippen LogP) is 4.34. The molecule has 0 bridgehead atoms. The molecule has 148 valence electrons. The van der Waals surface area contributed by atoms with Crippen molar-refractivity contribution in [1.82, 2.24) is 10.2 Å². The van der Waals surface area contributed by atoms with Gasteiger partial charge in [0.15, 0.2) is 4.34 Å². The van der Waals surface area contributed by atoms with Gasteiger partial charge in [-0.15, -0.1) is 10.2 Å². The number of thioether (sulfide) groups is 1. The van der Waals surface area contributed by atoms with Gasteiger partial charge in [-0.3, -0.25) is 0 Å². The second-order valence-corrected chi connectivity index (χ2v) is 8.50. The molecule has 1 N–H and O–H groups in total. The molecule has 1 aromatic carbocycles. The van der Waals surface area contributed by atoms with Gasteiger partial charge in [-0.05, 0) is 25.8 Å². The zero-order valence-electron chi connectivity index (χ0n) is 15.5. The lowest BCUT2D eigenvalue weighted by Crippen LogP contribution is -2.18. The van der Waals surface area contributed by atoms with Crippen molar-refractivity contribution in [3.05, 3.63) is 35.6 Å². The Morgan fingerprint density at radius 2 is 2.29 bits per heavy atom. The summed E-state index contributed by atoms with van der Waals surface area (Å²) in [6.07, 6.45) is 2.45. The average molecular weight is 420 g/mol. The van der Waals surface area contributed by atoms with E-state index in [0.717, 1.165) is 46.4 Å². The van der Waals surface area contributed by atoms with Gasteiger partial charge in [-0.25, -0.2) is 4.79 Å². The molecule has 0 spiro atoms. The Balaban J connectivity index is 1.45. The molecule has 4 rings (SSSR count). The van der Waals surface area contributed by atoms with Crippen LogP contribution < -0.4 is 5.32 Å². The van der Waals surface area contributed by atoms with E-state index in [1.165, 1.54) is 23.1 Å². The molecule has 1 saturated heterocycles. The number of para-hydroxylation sites is 1. The Kier molecular flexibility index (Phi) is 6.13. The number of hydrogen-bond donors (Lipinski definition) is 1. The molecule has 1 aliphatic rings. The number of ether oxygens (including phenoxy) is 2. The fourth-order valence-electron chi connectivity index (χ4n) is 3.08. The van der Waals surface area contributed by atoms with Crippen molar-refractivity contribution in [3.63, 3.8) is 0 Å². The third-order valence-corrected chi connectivity index (χ3v) is 6.45. The Morgan fingerprint density at radius 1 is 1.39 bits per heavy atom. The molecule has 7 nitrogen and oxygen atoms in total. The number of fused-ring (bicyclic) bond motifs is 1. The molecule has 0 aliphatic carbocycles. The summed E-state index contributed by atoms with van der Waals surface area (Å²) in [6.45, 7) is 3.67. The maximum atomic E-state index is 12.3. The largest absolute Gasteiger partial charge is 0.460 e. The van der Waals surface area contributed by atoms with E-state index in [1.54, 1.807) is 6.92 Å². The quantitative estimate of drug-likeness (QED) is 0.426. The van der Waals surface area contributed by atoms with Crippen LogP contribution in [0.25, 0.3) is 11.0 Å². The van der Waals surface area contributed by atoms with E-state index >= 15 is 0 Å². The Hall–Kier alpha value is -2.10. The highest BCUT2D eigenvalue weighted by Gasteiger charge is 2.22. The van der Waals surface area contributed by atoms with E-state index in [9.17, 15) is 4.79 Å². The second-order valence-electron chi connectivity index (χ2n) is 6.30. The number of anilines is 1. The van der Waals surface area contributed by atoms with Crippen molar-refractivity contribution in [2.45, 2.75) is 36.0 Å². The zero-order valence-corrected chi connectivity index (χ0v) is 17.1. The molecule has 1 fully saturated rings. The van der Waals surface area contributed by atoms with Crippen LogP contribution in [0, 0.1) is 0 Å². The van der Waals surface area contributed by atoms with Crippen LogP contribution in [0.4, 0.5) is 5.13 Å². The normalized spacial score (nSPS) is 16.5. The van der Waals surface area contributed by atoms with Crippen molar-refractivity contribution < 1.29 is 18.7 Å². The van der Waals surface area contributed by atoms with Crippen molar-refractivity contribution in [2.75, 3.05) is 25.1 Å². The summed E-state index contributed by atoms with van der Waals surface area (Å²) in [4.78, 5) is 12.3. The van der Waals surface area contributed by atoms with E-state index in [-0.39, 0.29) is 11.9 Å². The van der Waals surface area contributed by atoms with Gasteiger partial charge in [0.1, 0.15) is 5.58 Å². The van der Waals surface area contributed by atoms with Crippen LogP contribution in [0.15, 0.2) is 33.0 Å². The molecule has 1 aliphatic heterocycles. The summed E-state index contributed by atoms with van der Waals surface area (Å²) in [7, 11) is 0. The first-order valence-corrected chi connectivity index (χ1v) is 11.0. The minimum atomic E-state index is -0.439. The first-order chi connectivity index (χ1) is 13.7. The standard InChI is InChI=1S/C19H21N3O4S2/c1-2-24-17(23)16-14(13-7-3-4-8-15(13)26-16)11-27-19-22-21-18(28-19)20-10-12-6-5-9-25-12/h3-4,7-8,12H,2,5-6,9-11H2,1H3,(H,20,21)/t12-/m0/s1. The molecule has 1 atom stereocenters. The third-order valence-electron chi connectivity index (χ3n) is 4.41. The van der Waals surface area contributed by atoms with Crippen LogP contribution in [0.2, 0.25) is 0 Å². The molecular formula is C19H21N3O4S2. The summed E-state index contributed by atoms with van der Waals surface area (Å²) in [6, 6.07) is 7.61. The molecule has 0 amide bonds. The Labute approximate surface area is 170 Å². The monoisotopic (exact) mass is 419 g/mol. The number of carbonyl (C=O) groups excluding carboxylic acids is 1. The number of aromatic nitrogens is 2. The minimum Gasteiger partial charge on any atom is -0.460 e. The smallest absolute Gasteiger partial charge is 0.374 e. The van der Waals surface area contributed by atoms with Crippen molar-refractivity contribution in [3.8, 4) is 0 Å². The lowest BCUT2D eigenvalue weighted by molar-refractivity contribution is 0.0491. The van der Waals surface area contributed by atoms with Gasteiger partial charge in [0.2, 0.25) is 10.9 Å². The molecule has 0 saturated carbocycles. The first-order valence-electron chi connectivity index (χ1n) is 9.24. The molecule has 0 unspecified atom stereocenters. The highest BCUT2D eigenvalue weighted by molar-refractivity contribution is 8.00. The summed E-state index contributed by atoms with van der Waals surface area (Å²) >= 11 is 3.02. The fraction of sp³-hybridized carbons (Fsp3) is 0.421. The molecule has 3 heterocycles. The van der Waals surface area contributed by atoms with Crippen molar-refractivity contribution >= 4 is 45.2 Å². The SMILES string of the molecule is CCOC(=O)c1oc2ccccc2c1CSc1nnc(NC[C@@H]2CCCO2)s1. The van der Waals surface area contributed by atoms with E-state index in [1.807, 2.05) is 24.3 Å². The van der Waals surface area contributed by atoms with Crippen LogP contribution in [0.3, 0.4) is 0 Å². The average Bonchev–Trinajstić information content (AvgIpc) is 3.44. The molecule has 0 radical (unpaired) electrons. The topological polar surface area (TPSA) is 86.5 Å². The van der Waals surface area contributed by atoms with Gasteiger partial charge in [-0.2, -0.15) is 0 Å². The number of hydrogen-bond acceptors (Lipinski definition) is 9. The predicted molar refractivity (Wildman–Crippen MR) is 109 cm³/mol. The zero-order chi connectivity index (χ0) is 19.3. The fourth-order valence-corrected chi connectivity index (χ4v) is 4.87. The number of carbonyl (C=O) groups is 1. The minimum absolute atomic E-state index is 0.254. The van der Waals surface area contributed by atoms with Crippen LogP contribution >= 0.6 is 23.1 Å². The summed E-state index contributed by atoms with van der Waals surface area (Å²) < 4.78 is 17.3. The highest BCUT2D eigenvalue weighted by Crippen LogP contribution is 2.34. The second kappa shape index (κ2) is 8.93. The third kappa shape index (κ3) is 4.31. The molecule has 28 heavy (non-hydrogen) atoms. The molecule has 9 heteroatoms. The number of benzene rings is 1. The molecule has 2 aromatic heterocycles. The molecule has 3 aromatic rings. The van der Waals surface area contributed by atoms with Gasteiger partial charge < -0.3 is 19.2 Å². The van der Waals surface area contributed by atoms with Crippen LogP contribution in [0.5, 0.6) is 0 Å². The van der Waals surface area contributed by atoms with E-state index in [2.05, 4.69) is 15.5 Å². The van der Waals surface area contributed by atoms with E-state index in [0.29, 0.717) is 17.9 Å². The van der Waals surface area contributed by atoms with Crippen molar-refractivity contribution in [2.24, 2.45) is 0 Å². The van der Waals surface area contributed by atoms with Gasteiger partial charge in [0, 0.05) is 29.9 Å². The summed E-state index contributed by atoms with van der Waals surface area (Å²) in [5, 5.41) is 13.4. The van der Waals surface area contributed by atoms with Gasteiger partial charge in [0.05, 0.1) is 12.7 Å². The lowest BCUT2D eigenvalue weighted by atomic mass is 10.1. The van der Waals surface area contributed by atoms with Crippen LogP contribution in [-0.4, -0.2) is 42.0 Å². The first kappa shape index (κ1) is 19.2.